The van der Waals surface area contributed by atoms with Crippen molar-refractivity contribution in [1.82, 2.24) is 0 Å². The van der Waals surface area contributed by atoms with Gasteiger partial charge in [-0.2, -0.15) is 0 Å². The number of anilines is 2. The van der Waals surface area contributed by atoms with Crippen molar-refractivity contribution >= 4 is 33.2 Å². The Hall–Kier alpha value is -1.95. The maximum atomic E-state index is 13.5. The molecule has 0 fully saturated rings. The number of rotatable bonds is 2. The highest BCUT2D eigenvalue weighted by molar-refractivity contribution is 9.10. The first-order chi connectivity index (χ1) is 9.40. The van der Waals surface area contributed by atoms with Gasteiger partial charge in [-0.1, -0.05) is 6.07 Å². The molecule has 0 saturated heterocycles. The highest BCUT2D eigenvalue weighted by Gasteiger charge is 2.19. The molecule has 0 heterocycles. The maximum absolute atomic E-state index is 13.5. The summed E-state index contributed by atoms with van der Waals surface area (Å²) >= 11 is 3.25. The molecule has 2 aromatic carbocycles. The van der Waals surface area contributed by atoms with Crippen molar-refractivity contribution in [2.24, 2.45) is 0 Å². The van der Waals surface area contributed by atoms with Gasteiger partial charge in [0.05, 0.1) is 11.4 Å². The van der Waals surface area contributed by atoms with Crippen molar-refractivity contribution in [1.29, 1.82) is 0 Å². The molecule has 0 aliphatic heterocycles. The number of nitrogen functional groups attached to an aromatic ring is 1. The summed E-state index contributed by atoms with van der Waals surface area (Å²) in [6.45, 7) is 1.84. The summed E-state index contributed by atoms with van der Waals surface area (Å²) in [5, 5.41) is 2.41. The van der Waals surface area contributed by atoms with Crippen LogP contribution in [0.5, 0.6) is 0 Å². The Morgan fingerprint density at radius 1 is 1.25 bits per heavy atom. The van der Waals surface area contributed by atoms with Crippen LogP contribution in [-0.4, -0.2) is 5.91 Å². The topological polar surface area (TPSA) is 55.1 Å². The second-order valence-corrected chi connectivity index (χ2v) is 5.12. The van der Waals surface area contributed by atoms with E-state index in [-0.39, 0.29) is 5.69 Å². The monoisotopic (exact) mass is 340 g/mol. The number of nitrogens with two attached hydrogens (primary N) is 1. The summed E-state index contributed by atoms with van der Waals surface area (Å²) in [5.74, 6) is -2.74. The fourth-order valence-corrected chi connectivity index (χ4v) is 2.48. The Bertz CT molecular complexity index is 646. The van der Waals surface area contributed by atoms with Gasteiger partial charge in [-0.05, 0) is 52.7 Å². The molecule has 0 atom stereocenters. The van der Waals surface area contributed by atoms with Gasteiger partial charge >= 0.3 is 0 Å². The molecule has 0 aliphatic rings. The number of carbonyl (C=O) groups is 1. The number of amides is 1. The first kappa shape index (κ1) is 14.5. The highest BCUT2D eigenvalue weighted by Crippen LogP contribution is 2.31. The van der Waals surface area contributed by atoms with Crippen molar-refractivity contribution in [3.8, 4) is 0 Å². The molecule has 0 unspecified atom stereocenters. The zero-order valence-corrected chi connectivity index (χ0v) is 12.1. The van der Waals surface area contributed by atoms with Gasteiger partial charge in [0.15, 0.2) is 0 Å². The molecule has 3 N–H and O–H groups in total. The molecule has 0 aromatic heterocycles. The lowest BCUT2D eigenvalue weighted by molar-refractivity contribution is 0.101. The van der Waals surface area contributed by atoms with Crippen LogP contribution in [-0.2, 0) is 0 Å². The number of benzene rings is 2. The number of hydrogen-bond donors (Lipinski definition) is 2. The molecule has 6 heteroatoms. The number of hydrogen-bond acceptors (Lipinski definition) is 2. The summed E-state index contributed by atoms with van der Waals surface area (Å²) in [6.07, 6.45) is 0. The first-order valence-corrected chi connectivity index (χ1v) is 6.50. The zero-order valence-electron chi connectivity index (χ0n) is 10.5. The molecule has 1 amide bonds. The summed E-state index contributed by atoms with van der Waals surface area (Å²) in [7, 11) is 0. The Morgan fingerprint density at radius 2 is 1.85 bits per heavy atom. The fraction of sp³-hybridized carbons (Fsp3) is 0.0714. The summed E-state index contributed by atoms with van der Waals surface area (Å²) in [6, 6.07) is 6.62. The lowest BCUT2D eigenvalue weighted by Gasteiger charge is -2.12. The van der Waals surface area contributed by atoms with Crippen LogP contribution in [0.25, 0.3) is 0 Å². The van der Waals surface area contributed by atoms with Crippen LogP contribution in [0.2, 0.25) is 0 Å². The minimum Gasteiger partial charge on any atom is -0.397 e. The number of nitrogens with one attached hydrogen (secondary N) is 1. The average molecular weight is 341 g/mol. The summed E-state index contributed by atoms with van der Waals surface area (Å²) < 4.78 is 27.6. The maximum Gasteiger partial charge on any atom is 0.261 e. The first-order valence-electron chi connectivity index (χ1n) is 5.71. The number of aryl methyl sites for hydroxylation is 1. The van der Waals surface area contributed by atoms with Gasteiger partial charge in [0.25, 0.3) is 5.91 Å². The molecule has 20 heavy (non-hydrogen) atoms. The molecule has 0 bridgehead atoms. The van der Waals surface area contributed by atoms with Gasteiger partial charge in [-0.25, -0.2) is 8.78 Å². The van der Waals surface area contributed by atoms with Crippen LogP contribution in [0, 0.1) is 18.6 Å². The van der Waals surface area contributed by atoms with Crippen LogP contribution < -0.4 is 11.1 Å². The van der Waals surface area contributed by atoms with E-state index in [0.29, 0.717) is 10.2 Å². The molecule has 0 aliphatic carbocycles. The van der Waals surface area contributed by atoms with Crippen molar-refractivity contribution in [2.45, 2.75) is 6.92 Å². The lowest BCUT2D eigenvalue weighted by Crippen LogP contribution is -2.17. The quantitative estimate of drug-likeness (QED) is 0.815. The molecule has 0 spiro atoms. The van der Waals surface area contributed by atoms with Gasteiger partial charge in [0.1, 0.15) is 17.2 Å². The standard InChI is InChI=1S/C14H11BrF2N2O/c1-7-5-8(15)13(11(18)6-7)19-14(20)12-9(16)3-2-4-10(12)17/h2-6H,18H2,1H3,(H,19,20). The molecule has 3 nitrogen and oxygen atoms in total. The minimum atomic E-state index is -0.927. The molecular weight excluding hydrogens is 330 g/mol. The molecule has 2 rings (SSSR count). The predicted octanol–water partition coefficient (Wildman–Crippen LogP) is 3.87. The normalized spacial score (nSPS) is 10.4. The van der Waals surface area contributed by atoms with Crippen LogP contribution in [0.4, 0.5) is 20.2 Å². The highest BCUT2D eigenvalue weighted by atomic mass is 79.9. The molecular formula is C14H11BrF2N2O. The lowest BCUT2D eigenvalue weighted by atomic mass is 10.1. The van der Waals surface area contributed by atoms with Crippen LogP contribution in [0.1, 0.15) is 15.9 Å². The van der Waals surface area contributed by atoms with Gasteiger partial charge in [0, 0.05) is 4.47 Å². The average Bonchev–Trinajstić information content (AvgIpc) is 2.33. The Morgan fingerprint density at radius 3 is 2.40 bits per heavy atom. The SMILES string of the molecule is Cc1cc(N)c(NC(=O)c2c(F)cccc2F)c(Br)c1. The fourth-order valence-electron chi connectivity index (χ4n) is 1.79. The third kappa shape index (κ3) is 2.80. The number of carbonyl (C=O) groups excluding carboxylic acids is 1. The summed E-state index contributed by atoms with van der Waals surface area (Å²) in [4.78, 5) is 12.0. The van der Waals surface area contributed by atoms with E-state index < -0.39 is 23.1 Å². The third-order valence-corrected chi connectivity index (χ3v) is 3.32. The van der Waals surface area contributed by atoms with Crippen molar-refractivity contribution in [3.63, 3.8) is 0 Å². The second-order valence-electron chi connectivity index (χ2n) is 4.26. The van der Waals surface area contributed by atoms with E-state index in [0.717, 1.165) is 17.7 Å². The molecule has 104 valence electrons. The van der Waals surface area contributed by atoms with E-state index in [2.05, 4.69) is 21.2 Å². The van der Waals surface area contributed by atoms with E-state index in [1.807, 2.05) is 6.92 Å². The van der Waals surface area contributed by atoms with Gasteiger partial charge in [0.2, 0.25) is 0 Å². The number of halogens is 3. The van der Waals surface area contributed by atoms with Crippen molar-refractivity contribution in [2.75, 3.05) is 11.1 Å². The Balaban J connectivity index is 2.38. The van der Waals surface area contributed by atoms with Crippen LogP contribution >= 0.6 is 15.9 Å². The van der Waals surface area contributed by atoms with Crippen LogP contribution in [0.3, 0.4) is 0 Å². The van der Waals surface area contributed by atoms with Crippen LogP contribution in [0.15, 0.2) is 34.8 Å². The minimum absolute atomic E-state index is 0.281. The van der Waals surface area contributed by atoms with E-state index >= 15 is 0 Å². The van der Waals surface area contributed by atoms with Gasteiger partial charge in [-0.15, -0.1) is 0 Å². The summed E-state index contributed by atoms with van der Waals surface area (Å²) in [5.41, 5.74) is 6.63. The van der Waals surface area contributed by atoms with E-state index in [4.69, 9.17) is 5.73 Å². The Kier molecular flexibility index (Phi) is 4.04. The van der Waals surface area contributed by atoms with Crippen molar-refractivity contribution < 1.29 is 13.6 Å². The van der Waals surface area contributed by atoms with Gasteiger partial charge < -0.3 is 11.1 Å². The van der Waals surface area contributed by atoms with Crippen molar-refractivity contribution in [3.05, 3.63) is 57.6 Å². The predicted molar refractivity (Wildman–Crippen MR) is 77.6 cm³/mol. The smallest absolute Gasteiger partial charge is 0.261 e. The molecule has 0 radical (unpaired) electrons. The van der Waals surface area contributed by atoms with Gasteiger partial charge in [-0.3, -0.25) is 4.79 Å². The molecule has 0 saturated carbocycles. The van der Waals surface area contributed by atoms with E-state index in [1.165, 1.54) is 6.07 Å². The third-order valence-electron chi connectivity index (χ3n) is 2.69. The van der Waals surface area contributed by atoms with E-state index in [9.17, 15) is 13.6 Å². The van der Waals surface area contributed by atoms with E-state index in [1.54, 1.807) is 12.1 Å². The second kappa shape index (κ2) is 5.58. The molecule has 2 aromatic rings. The zero-order chi connectivity index (χ0) is 14.9. The Labute approximate surface area is 122 Å². The largest absolute Gasteiger partial charge is 0.397 e.